The summed E-state index contributed by atoms with van der Waals surface area (Å²) in [5, 5.41) is 0.828. The van der Waals surface area contributed by atoms with E-state index in [4.69, 9.17) is 16.3 Å². The number of methoxy groups -OCH3 is 1. The third-order valence-electron chi connectivity index (χ3n) is 4.25. The lowest BCUT2D eigenvalue weighted by atomic mass is 10.2. The molecule has 4 heteroatoms. The van der Waals surface area contributed by atoms with Gasteiger partial charge in [0.1, 0.15) is 12.3 Å². The topological polar surface area (TPSA) is 16.9 Å². The highest BCUT2D eigenvalue weighted by Crippen LogP contribution is 2.19. The third-order valence-corrected chi connectivity index (χ3v) is 4.49. The number of ether oxygens (including phenoxy) is 1. The maximum Gasteiger partial charge on any atom is 0.119 e. The van der Waals surface area contributed by atoms with Crippen molar-refractivity contribution in [1.29, 1.82) is 0 Å². The van der Waals surface area contributed by atoms with Crippen LogP contribution >= 0.6 is 11.6 Å². The van der Waals surface area contributed by atoms with E-state index < -0.39 is 0 Å². The van der Waals surface area contributed by atoms with Gasteiger partial charge < -0.3 is 14.5 Å². The lowest BCUT2D eigenvalue weighted by Crippen LogP contribution is -3.13. The van der Waals surface area contributed by atoms with E-state index in [1.165, 1.54) is 11.3 Å². The van der Waals surface area contributed by atoms with Crippen molar-refractivity contribution in [2.45, 2.75) is 6.54 Å². The van der Waals surface area contributed by atoms with E-state index >= 15 is 0 Å². The van der Waals surface area contributed by atoms with Gasteiger partial charge in [0.25, 0.3) is 0 Å². The first kappa shape index (κ1) is 15.2. The molecule has 0 unspecified atom stereocenters. The first-order valence-electron chi connectivity index (χ1n) is 7.71. The monoisotopic (exact) mass is 317 g/mol. The lowest BCUT2D eigenvalue weighted by molar-refractivity contribution is -0.914. The number of piperazine rings is 1. The fourth-order valence-corrected chi connectivity index (χ4v) is 3.20. The predicted molar refractivity (Wildman–Crippen MR) is 91.1 cm³/mol. The predicted octanol–water partition coefficient (Wildman–Crippen LogP) is 2.25. The van der Waals surface area contributed by atoms with Crippen LogP contribution in [0.3, 0.4) is 0 Å². The largest absolute Gasteiger partial charge is 0.497 e. The molecule has 0 spiro atoms. The van der Waals surface area contributed by atoms with Crippen LogP contribution in [0.5, 0.6) is 5.75 Å². The van der Waals surface area contributed by atoms with E-state index in [0.29, 0.717) is 0 Å². The average molecular weight is 318 g/mol. The molecule has 1 aliphatic rings. The Kier molecular flexibility index (Phi) is 4.86. The van der Waals surface area contributed by atoms with Crippen LogP contribution in [-0.2, 0) is 6.54 Å². The summed E-state index contributed by atoms with van der Waals surface area (Å²) in [4.78, 5) is 4.06. The van der Waals surface area contributed by atoms with Crippen molar-refractivity contribution in [3.8, 4) is 5.75 Å². The van der Waals surface area contributed by atoms with E-state index in [0.717, 1.165) is 43.5 Å². The molecule has 2 aromatic carbocycles. The number of quaternary nitrogens is 1. The standard InChI is InChI=1S/C18H21ClN2O/c1-22-18-7-5-17(6-8-18)21-11-9-20(10-12-21)14-15-3-2-4-16(19)13-15/h2-8,13H,9-12,14H2,1H3/p+1. The van der Waals surface area contributed by atoms with Gasteiger partial charge in [0.15, 0.2) is 0 Å². The summed E-state index contributed by atoms with van der Waals surface area (Å²) in [7, 11) is 1.70. The molecule has 1 fully saturated rings. The van der Waals surface area contributed by atoms with Crippen LogP contribution < -0.4 is 14.5 Å². The first-order chi connectivity index (χ1) is 10.7. The van der Waals surface area contributed by atoms with Crippen LogP contribution in [0.15, 0.2) is 48.5 Å². The molecule has 3 rings (SSSR count). The van der Waals surface area contributed by atoms with Gasteiger partial charge in [-0.15, -0.1) is 0 Å². The Bertz CT molecular complexity index is 607. The number of halogens is 1. The molecule has 0 aromatic heterocycles. The third kappa shape index (κ3) is 3.73. The zero-order valence-electron chi connectivity index (χ0n) is 12.9. The zero-order chi connectivity index (χ0) is 15.4. The number of rotatable bonds is 4. The highest BCUT2D eigenvalue weighted by molar-refractivity contribution is 6.30. The Hall–Kier alpha value is -1.71. The molecule has 0 bridgehead atoms. The summed E-state index contributed by atoms with van der Waals surface area (Å²) >= 11 is 6.06. The maximum atomic E-state index is 6.06. The minimum Gasteiger partial charge on any atom is -0.497 e. The average Bonchev–Trinajstić information content (AvgIpc) is 2.56. The fourth-order valence-electron chi connectivity index (χ4n) is 2.99. The van der Waals surface area contributed by atoms with Crippen LogP contribution in [-0.4, -0.2) is 33.3 Å². The van der Waals surface area contributed by atoms with Crippen molar-refractivity contribution < 1.29 is 9.64 Å². The maximum absolute atomic E-state index is 6.06. The molecular formula is C18H22ClN2O+. The summed E-state index contributed by atoms with van der Waals surface area (Å²) in [5.41, 5.74) is 2.60. The molecule has 0 amide bonds. The first-order valence-corrected chi connectivity index (χ1v) is 8.09. The summed E-state index contributed by atoms with van der Waals surface area (Å²) in [5.74, 6) is 0.911. The Labute approximate surface area is 137 Å². The number of hydrogen-bond acceptors (Lipinski definition) is 2. The molecule has 0 atom stereocenters. The van der Waals surface area contributed by atoms with E-state index in [9.17, 15) is 0 Å². The van der Waals surface area contributed by atoms with Gasteiger partial charge in [0, 0.05) is 16.3 Å². The van der Waals surface area contributed by atoms with E-state index in [1.54, 1.807) is 12.0 Å². The van der Waals surface area contributed by atoms with Gasteiger partial charge in [0.05, 0.1) is 33.3 Å². The number of anilines is 1. The molecule has 0 aliphatic carbocycles. The van der Waals surface area contributed by atoms with E-state index in [-0.39, 0.29) is 0 Å². The smallest absolute Gasteiger partial charge is 0.119 e. The Morgan fingerprint density at radius 2 is 1.82 bits per heavy atom. The molecule has 116 valence electrons. The summed E-state index contributed by atoms with van der Waals surface area (Å²) in [6.07, 6.45) is 0. The van der Waals surface area contributed by atoms with Gasteiger partial charge in [-0.25, -0.2) is 0 Å². The van der Waals surface area contributed by atoms with Crippen LogP contribution in [0.4, 0.5) is 5.69 Å². The van der Waals surface area contributed by atoms with Crippen LogP contribution in [0.2, 0.25) is 5.02 Å². The van der Waals surface area contributed by atoms with Gasteiger partial charge in [-0.2, -0.15) is 0 Å². The number of benzene rings is 2. The van der Waals surface area contributed by atoms with Crippen LogP contribution in [0, 0.1) is 0 Å². The molecule has 22 heavy (non-hydrogen) atoms. The van der Waals surface area contributed by atoms with E-state index in [1.807, 2.05) is 24.3 Å². The second-order valence-electron chi connectivity index (χ2n) is 5.74. The quantitative estimate of drug-likeness (QED) is 0.931. The Balaban J connectivity index is 1.55. The number of hydrogen-bond donors (Lipinski definition) is 1. The fraction of sp³-hybridized carbons (Fsp3) is 0.333. The highest BCUT2D eigenvalue weighted by Gasteiger charge is 2.20. The van der Waals surface area contributed by atoms with Crippen molar-refractivity contribution in [1.82, 2.24) is 0 Å². The van der Waals surface area contributed by atoms with Crippen molar-refractivity contribution >= 4 is 17.3 Å². The minimum atomic E-state index is 0.828. The van der Waals surface area contributed by atoms with Crippen molar-refractivity contribution in [3.05, 3.63) is 59.1 Å². The Morgan fingerprint density at radius 3 is 2.45 bits per heavy atom. The van der Waals surface area contributed by atoms with E-state index in [2.05, 4.69) is 29.2 Å². The van der Waals surface area contributed by atoms with Crippen molar-refractivity contribution in [3.63, 3.8) is 0 Å². The van der Waals surface area contributed by atoms with Gasteiger partial charge in [-0.1, -0.05) is 23.7 Å². The van der Waals surface area contributed by atoms with Crippen molar-refractivity contribution in [2.75, 3.05) is 38.2 Å². The molecule has 1 N–H and O–H groups in total. The normalized spacial score (nSPS) is 15.8. The highest BCUT2D eigenvalue weighted by atomic mass is 35.5. The van der Waals surface area contributed by atoms with Crippen molar-refractivity contribution in [2.24, 2.45) is 0 Å². The van der Waals surface area contributed by atoms with Crippen LogP contribution in [0.1, 0.15) is 5.56 Å². The molecule has 2 aromatic rings. The van der Waals surface area contributed by atoms with Gasteiger partial charge in [0.2, 0.25) is 0 Å². The summed E-state index contributed by atoms with van der Waals surface area (Å²) < 4.78 is 5.22. The molecular weight excluding hydrogens is 296 g/mol. The molecule has 1 heterocycles. The molecule has 1 aliphatic heterocycles. The second-order valence-corrected chi connectivity index (χ2v) is 6.18. The zero-order valence-corrected chi connectivity index (χ0v) is 13.6. The van der Waals surface area contributed by atoms with Crippen LogP contribution in [0.25, 0.3) is 0 Å². The molecule has 1 saturated heterocycles. The summed E-state index contributed by atoms with van der Waals surface area (Å²) in [6.45, 7) is 5.53. The SMILES string of the molecule is COc1ccc(N2CC[NH+](Cc3cccc(Cl)c3)CC2)cc1. The molecule has 3 nitrogen and oxygen atoms in total. The molecule has 0 radical (unpaired) electrons. The number of nitrogens with one attached hydrogen (secondary N) is 1. The van der Waals surface area contributed by atoms with Gasteiger partial charge >= 0.3 is 0 Å². The Morgan fingerprint density at radius 1 is 1.09 bits per heavy atom. The summed E-state index contributed by atoms with van der Waals surface area (Å²) in [6, 6.07) is 16.5. The van der Waals surface area contributed by atoms with Gasteiger partial charge in [-0.05, 0) is 36.4 Å². The molecule has 0 saturated carbocycles. The second kappa shape index (κ2) is 7.03. The minimum absolute atomic E-state index is 0.828. The number of nitrogens with zero attached hydrogens (tertiary/aromatic N) is 1. The van der Waals surface area contributed by atoms with Gasteiger partial charge in [-0.3, -0.25) is 0 Å². The lowest BCUT2D eigenvalue weighted by Gasteiger charge is -2.33.